The van der Waals surface area contributed by atoms with Crippen molar-refractivity contribution < 1.29 is 37.8 Å². The van der Waals surface area contributed by atoms with Crippen LogP contribution in [0.2, 0.25) is 0 Å². The van der Waals surface area contributed by atoms with Gasteiger partial charge < -0.3 is 29.7 Å². The fraction of sp³-hybridized carbons (Fsp3) is 0.630. The highest BCUT2D eigenvalue weighted by atomic mass is 19.1. The van der Waals surface area contributed by atoms with Gasteiger partial charge in [-0.3, -0.25) is 19.2 Å². The predicted molar refractivity (Wildman–Crippen MR) is 133 cm³/mol. The number of carbonyl (C=O) groups is 4. The lowest BCUT2D eigenvalue weighted by molar-refractivity contribution is -0.165. The van der Waals surface area contributed by atoms with Crippen molar-refractivity contribution in [3.63, 3.8) is 0 Å². The zero-order chi connectivity index (χ0) is 27.8. The molecule has 208 valence electrons. The molecule has 3 fully saturated rings. The van der Waals surface area contributed by atoms with Crippen LogP contribution >= 0.6 is 0 Å². The molecule has 38 heavy (non-hydrogen) atoms. The van der Waals surface area contributed by atoms with Gasteiger partial charge in [-0.15, -0.1) is 0 Å². The molecule has 11 heteroatoms. The van der Waals surface area contributed by atoms with Crippen molar-refractivity contribution >= 4 is 23.7 Å². The monoisotopic (exact) mass is 533 g/mol. The van der Waals surface area contributed by atoms with Crippen LogP contribution in [0, 0.1) is 17.2 Å². The van der Waals surface area contributed by atoms with E-state index in [1.165, 1.54) is 25.3 Å². The number of cyclic esters (lactones) is 1. The van der Waals surface area contributed by atoms with Gasteiger partial charge in [-0.25, -0.2) is 4.39 Å². The van der Waals surface area contributed by atoms with Crippen LogP contribution in [0.1, 0.15) is 63.7 Å². The third kappa shape index (κ3) is 5.34. The van der Waals surface area contributed by atoms with Crippen molar-refractivity contribution in [3.05, 3.63) is 29.6 Å². The number of fused-ring (bicyclic) bond motifs is 2. The fourth-order valence-electron chi connectivity index (χ4n) is 5.73. The number of esters is 1. The van der Waals surface area contributed by atoms with E-state index in [-0.39, 0.29) is 35.6 Å². The summed E-state index contributed by atoms with van der Waals surface area (Å²) < 4.78 is 30.4. The Hall–Kier alpha value is -3.21. The Bertz CT molecular complexity index is 1100. The normalized spacial score (nSPS) is 27.2. The van der Waals surface area contributed by atoms with E-state index in [0.29, 0.717) is 13.0 Å². The van der Waals surface area contributed by atoms with Crippen LogP contribution < -0.4 is 15.4 Å². The van der Waals surface area contributed by atoms with Gasteiger partial charge in [0.15, 0.2) is 11.6 Å². The average molecular weight is 534 g/mol. The number of methoxy groups -OCH3 is 1. The minimum atomic E-state index is -1.03. The summed E-state index contributed by atoms with van der Waals surface area (Å²) in [5.41, 5.74) is -0.979. The molecule has 3 aliphatic rings. The molecule has 0 aromatic heterocycles. The molecule has 3 unspecified atom stereocenters. The number of nitrogens with one attached hydrogen (secondary N) is 2. The second kappa shape index (κ2) is 10.9. The first kappa shape index (κ1) is 27.8. The summed E-state index contributed by atoms with van der Waals surface area (Å²) in [6.45, 7) is 7.48. The summed E-state index contributed by atoms with van der Waals surface area (Å²) in [6.07, 6.45) is 1.33. The molecule has 1 aromatic carbocycles. The zero-order valence-corrected chi connectivity index (χ0v) is 22.4. The number of hydrogen-bond acceptors (Lipinski definition) is 7. The van der Waals surface area contributed by atoms with E-state index in [1.807, 2.05) is 0 Å². The molecule has 1 aromatic rings. The predicted octanol–water partition coefficient (Wildman–Crippen LogP) is 2.15. The number of carbonyl (C=O) groups excluding carboxylic acids is 4. The Labute approximate surface area is 221 Å². The summed E-state index contributed by atoms with van der Waals surface area (Å²) in [6, 6.07) is 1.64. The lowest BCUT2D eigenvalue weighted by atomic mass is 9.84. The molecule has 2 aliphatic heterocycles. The molecular formula is C27H36FN3O7. The van der Waals surface area contributed by atoms with E-state index in [4.69, 9.17) is 14.2 Å². The van der Waals surface area contributed by atoms with Crippen molar-refractivity contribution in [1.29, 1.82) is 0 Å². The number of halogens is 1. The Morgan fingerprint density at radius 1 is 1.24 bits per heavy atom. The molecule has 0 spiro atoms. The van der Waals surface area contributed by atoms with Crippen LogP contribution in [-0.2, 0) is 23.9 Å². The van der Waals surface area contributed by atoms with E-state index in [1.54, 1.807) is 32.6 Å². The molecule has 0 radical (unpaired) electrons. The highest BCUT2D eigenvalue weighted by Gasteiger charge is 2.54. The summed E-state index contributed by atoms with van der Waals surface area (Å²) in [7, 11) is 1.30. The molecule has 6 atom stereocenters. The van der Waals surface area contributed by atoms with Crippen LogP contribution in [0.3, 0.4) is 0 Å². The highest BCUT2D eigenvalue weighted by molar-refractivity contribution is 5.99. The first-order valence-corrected chi connectivity index (χ1v) is 13.0. The van der Waals surface area contributed by atoms with E-state index in [9.17, 15) is 23.6 Å². The van der Waals surface area contributed by atoms with Crippen molar-refractivity contribution in [1.82, 2.24) is 15.5 Å². The van der Waals surface area contributed by atoms with Gasteiger partial charge in [-0.1, -0.05) is 26.8 Å². The first-order chi connectivity index (χ1) is 18.0. The number of rotatable bonds is 8. The molecular weight excluding hydrogens is 497 g/mol. The molecule has 2 heterocycles. The maximum atomic E-state index is 14.8. The highest BCUT2D eigenvalue weighted by Crippen LogP contribution is 2.44. The van der Waals surface area contributed by atoms with Gasteiger partial charge in [0.1, 0.15) is 18.1 Å². The summed E-state index contributed by atoms with van der Waals surface area (Å²) in [5.74, 6) is -2.93. The number of ether oxygens (including phenoxy) is 3. The van der Waals surface area contributed by atoms with Gasteiger partial charge in [0.25, 0.3) is 5.91 Å². The quantitative estimate of drug-likeness (QED) is 0.491. The minimum absolute atomic E-state index is 0.0159. The van der Waals surface area contributed by atoms with Crippen LogP contribution in [0.4, 0.5) is 4.39 Å². The van der Waals surface area contributed by atoms with Gasteiger partial charge >= 0.3 is 5.97 Å². The van der Waals surface area contributed by atoms with Gasteiger partial charge in [-0.05, 0) is 49.7 Å². The average Bonchev–Trinajstić information content (AvgIpc) is 3.56. The van der Waals surface area contributed by atoms with E-state index < -0.39 is 53.4 Å². The number of nitrogens with zero attached hydrogens (tertiary/aromatic N) is 1. The number of amides is 3. The molecule has 4 rings (SSSR count). The smallest absolute Gasteiger partial charge is 0.310 e. The van der Waals surface area contributed by atoms with Crippen LogP contribution in [0.15, 0.2) is 18.2 Å². The standard InChI is InChI=1S/C27H36FN3O7/c1-6-37-26-17(13-19(32)38-26)29-24(34)21-14-10-11-15(12-14)31(21)25(35)22(27(2,3)4)30-23(33)16-8-7-9-18(36-5)20(16)28/h7-9,14-15,17,21-22,26H,6,10-13H2,1-5H3,(H,29,34)(H,30,33)/t14-,15?,17?,21-,22?,26+/m0/s1. The molecule has 2 N–H and O–H groups in total. The van der Waals surface area contributed by atoms with E-state index in [0.717, 1.165) is 12.8 Å². The lowest BCUT2D eigenvalue weighted by Crippen LogP contribution is -2.62. The zero-order valence-electron chi connectivity index (χ0n) is 22.4. The Morgan fingerprint density at radius 3 is 2.63 bits per heavy atom. The maximum absolute atomic E-state index is 14.8. The van der Waals surface area contributed by atoms with Gasteiger partial charge in [0.2, 0.25) is 18.1 Å². The second-order valence-electron chi connectivity index (χ2n) is 11.1. The van der Waals surface area contributed by atoms with Crippen molar-refractivity contribution in [2.24, 2.45) is 11.3 Å². The van der Waals surface area contributed by atoms with Gasteiger partial charge in [0, 0.05) is 12.6 Å². The number of hydrogen-bond donors (Lipinski definition) is 2. The number of benzene rings is 1. The third-order valence-corrected chi connectivity index (χ3v) is 7.55. The van der Waals surface area contributed by atoms with E-state index >= 15 is 0 Å². The number of piperidine rings is 1. The molecule has 10 nitrogen and oxygen atoms in total. The lowest BCUT2D eigenvalue weighted by Gasteiger charge is -2.40. The van der Waals surface area contributed by atoms with Crippen molar-refractivity contribution in [3.8, 4) is 5.75 Å². The minimum Gasteiger partial charge on any atom is -0.494 e. The van der Waals surface area contributed by atoms with Gasteiger partial charge in [-0.2, -0.15) is 0 Å². The SMILES string of the molecule is CCO[C@@H]1OC(=O)CC1NC(=O)[C@@H]1[C@H]2CCC(C2)N1C(=O)C(NC(=O)c1cccc(OC)c1F)C(C)(C)C. The Balaban J connectivity index is 1.56. The fourth-order valence-corrected chi connectivity index (χ4v) is 5.73. The summed E-state index contributed by atoms with van der Waals surface area (Å²) >= 11 is 0. The van der Waals surface area contributed by atoms with Crippen molar-refractivity contribution in [2.45, 2.75) is 83.8 Å². The third-order valence-electron chi connectivity index (χ3n) is 7.55. The molecule has 2 saturated heterocycles. The molecule has 2 bridgehead atoms. The summed E-state index contributed by atoms with van der Waals surface area (Å²) in [4.78, 5) is 54.1. The Morgan fingerprint density at radius 2 is 1.97 bits per heavy atom. The topological polar surface area (TPSA) is 123 Å². The largest absolute Gasteiger partial charge is 0.494 e. The van der Waals surface area contributed by atoms with Crippen LogP contribution in [-0.4, -0.2) is 72.8 Å². The second-order valence-corrected chi connectivity index (χ2v) is 11.1. The van der Waals surface area contributed by atoms with Crippen LogP contribution in [0.25, 0.3) is 0 Å². The van der Waals surface area contributed by atoms with Crippen LogP contribution in [0.5, 0.6) is 5.75 Å². The molecule has 1 aliphatic carbocycles. The molecule has 3 amide bonds. The summed E-state index contributed by atoms with van der Waals surface area (Å²) in [5, 5.41) is 5.59. The first-order valence-electron chi connectivity index (χ1n) is 13.0. The molecule has 1 saturated carbocycles. The van der Waals surface area contributed by atoms with Crippen molar-refractivity contribution in [2.75, 3.05) is 13.7 Å². The number of likely N-dealkylation sites (tertiary alicyclic amines) is 1. The van der Waals surface area contributed by atoms with Gasteiger partial charge in [0.05, 0.1) is 19.1 Å². The maximum Gasteiger partial charge on any atom is 0.310 e. The van der Waals surface area contributed by atoms with E-state index in [2.05, 4.69) is 10.6 Å². The Kier molecular flexibility index (Phi) is 7.96.